The summed E-state index contributed by atoms with van der Waals surface area (Å²) in [6, 6.07) is 0.431. The molecule has 0 radical (unpaired) electrons. The number of hydrogen-bond acceptors (Lipinski definition) is 4. The van der Waals surface area contributed by atoms with Gasteiger partial charge in [0.05, 0.1) is 13.2 Å². The monoisotopic (exact) mass is 216 g/mol. The van der Waals surface area contributed by atoms with Crippen molar-refractivity contribution < 1.29 is 9.84 Å². The molecule has 4 heteroatoms. The molecule has 1 aliphatic rings. The molecule has 0 amide bonds. The summed E-state index contributed by atoms with van der Waals surface area (Å²) in [7, 11) is 1.71. The van der Waals surface area contributed by atoms with Gasteiger partial charge in [0.15, 0.2) is 0 Å². The molecular weight excluding hydrogens is 192 g/mol. The maximum atomic E-state index is 8.96. The summed E-state index contributed by atoms with van der Waals surface area (Å²) in [5, 5.41) is 8.96. The second-order valence-electron chi connectivity index (χ2n) is 4.51. The molecule has 0 saturated heterocycles. The van der Waals surface area contributed by atoms with Crippen LogP contribution in [-0.4, -0.2) is 55.5 Å². The Labute approximate surface area is 92.4 Å². The van der Waals surface area contributed by atoms with E-state index in [0.717, 1.165) is 25.6 Å². The summed E-state index contributed by atoms with van der Waals surface area (Å²) in [5.74, 6) is 0.827. The van der Waals surface area contributed by atoms with E-state index >= 15 is 0 Å². The molecule has 3 N–H and O–H groups in total. The fourth-order valence-electron chi connectivity index (χ4n) is 1.91. The molecule has 0 spiro atoms. The average Bonchev–Trinajstić information content (AvgIpc) is 3.06. The van der Waals surface area contributed by atoms with Gasteiger partial charge in [-0.05, 0) is 25.7 Å². The van der Waals surface area contributed by atoms with Gasteiger partial charge in [0.1, 0.15) is 0 Å². The second kappa shape index (κ2) is 6.43. The number of aliphatic hydroxyl groups excluding tert-OH is 1. The molecular formula is C11H24N2O2. The van der Waals surface area contributed by atoms with Crippen molar-refractivity contribution in [2.75, 3.05) is 33.4 Å². The Bertz CT molecular complexity index is 174. The summed E-state index contributed by atoms with van der Waals surface area (Å²) >= 11 is 0. The first-order valence-electron chi connectivity index (χ1n) is 5.78. The highest BCUT2D eigenvalue weighted by atomic mass is 16.5. The minimum Gasteiger partial charge on any atom is -0.395 e. The molecule has 2 unspecified atom stereocenters. The zero-order valence-electron chi connectivity index (χ0n) is 9.85. The van der Waals surface area contributed by atoms with E-state index in [4.69, 9.17) is 15.6 Å². The zero-order valence-corrected chi connectivity index (χ0v) is 9.85. The number of hydrogen-bond donors (Lipinski definition) is 2. The first kappa shape index (κ1) is 12.9. The van der Waals surface area contributed by atoms with Crippen molar-refractivity contribution in [3.8, 4) is 0 Å². The van der Waals surface area contributed by atoms with Gasteiger partial charge >= 0.3 is 0 Å². The van der Waals surface area contributed by atoms with Gasteiger partial charge in [0.25, 0.3) is 0 Å². The molecule has 90 valence electrons. The first-order valence-corrected chi connectivity index (χ1v) is 5.78. The fourth-order valence-corrected chi connectivity index (χ4v) is 1.91. The molecule has 1 saturated carbocycles. The van der Waals surface area contributed by atoms with E-state index in [1.54, 1.807) is 7.11 Å². The van der Waals surface area contributed by atoms with Crippen LogP contribution < -0.4 is 5.73 Å². The lowest BCUT2D eigenvalue weighted by Gasteiger charge is -2.30. The van der Waals surface area contributed by atoms with Crippen molar-refractivity contribution in [3.05, 3.63) is 0 Å². The SMILES string of the molecule is COCCN(CC(N)CO)C(C)C1CC1. The maximum absolute atomic E-state index is 8.96. The number of rotatable bonds is 8. The number of nitrogens with zero attached hydrogens (tertiary/aromatic N) is 1. The van der Waals surface area contributed by atoms with Crippen molar-refractivity contribution in [1.29, 1.82) is 0 Å². The molecule has 0 heterocycles. The molecule has 1 fully saturated rings. The van der Waals surface area contributed by atoms with Gasteiger partial charge in [-0.2, -0.15) is 0 Å². The maximum Gasteiger partial charge on any atom is 0.0595 e. The van der Waals surface area contributed by atoms with E-state index in [1.165, 1.54) is 12.8 Å². The highest BCUT2D eigenvalue weighted by Crippen LogP contribution is 2.35. The molecule has 0 aromatic carbocycles. The van der Waals surface area contributed by atoms with Crippen LogP contribution in [0.2, 0.25) is 0 Å². The van der Waals surface area contributed by atoms with E-state index in [2.05, 4.69) is 11.8 Å². The third-order valence-corrected chi connectivity index (χ3v) is 3.17. The Morgan fingerprint density at radius 2 is 2.20 bits per heavy atom. The molecule has 15 heavy (non-hydrogen) atoms. The highest BCUT2D eigenvalue weighted by Gasteiger charge is 2.32. The quantitative estimate of drug-likeness (QED) is 0.602. The van der Waals surface area contributed by atoms with Gasteiger partial charge < -0.3 is 15.6 Å². The minimum absolute atomic E-state index is 0.0564. The highest BCUT2D eigenvalue weighted by molar-refractivity contribution is 4.86. The van der Waals surface area contributed by atoms with Crippen LogP contribution in [0.15, 0.2) is 0 Å². The second-order valence-corrected chi connectivity index (χ2v) is 4.51. The average molecular weight is 216 g/mol. The van der Waals surface area contributed by atoms with Crippen LogP contribution in [0.25, 0.3) is 0 Å². The molecule has 0 bridgehead atoms. The van der Waals surface area contributed by atoms with E-state index in [0.29, 0.717) is 6.04 Å². The van der Waals surface area contributed by atoms with E-state index < -0.39 is 0 Å². The van der Waals surface area contributed by atoms with Crippen LogP contribution in [0, 0.1) is 5.92 Å². The predicted octanol–water partition coefficient (Wildman–Crippen LogP) is 0.0529. The van der Waals surface area contributed by atoms with Gasteiger partial charge in [-0.3, -0.25) is 4.90 Å². The normalized spacial score (nSPS) is 20.6. The number of aliphatic hydroxyl groups is 1. The number of methoxy groups -OCH3 is 1. The van der Waals surface area contributed by atoms with Crippen LogP contribution in [-0.2, 0) is 4.74 Å². The van der Waals surface area contributed by atoms with Crippen molar-refractivity contribution in [2.24, 2.45) is 11.7 Å². The minimum atomic E-state index is -0.136. The number of nitrogens with two attached hydrogens (primary N) is 1. The number of ether oxygens (including phenoxy) is 1. The summed E-state index contributed by atoms with van der Waals surface area (Å²) in [5.41, 5.74) is 5.77. The first-order chi connectivity index (χ1) is 7.19. The van der Waals surface area contributed by atoms with Crippen LogP contribution in [0.5, 0.6) is 0 Å². The summed E-state index contributed by atoms with van der Waals surface area (Å²) in [6.45, 7) is 4.70. The Kier molecular flexibility index (Phi) is 5.53. The van der Waals surface area contributed by atoms with Crippen LogP contribution in [0.1, 0.15) is 19.8 Å². The van der Waals surface area contributed by atoms with E-state index in [1.807, 2.05) is 0 Å². The molecule has 2 atom stereocenters. The third-order valence-electron chi connectivity index (χ3n) is 3.17. The van der Waals surface area contributed by atoms with Crippen molar-refractivity contribution in [2.45, 2.75) is 31.8 Å². The Morgan fingerprint density at radius 3 is 2.67 bits per heavy atom. The predicted molar refractivity (Wildman–Crippen MR) is 60.7 cm³/mol. The zero-order chi connectivity index (χ0) is 11.3. The van der Waals surface area contributed by atoms with Gasteiger partial charge in [-0.1, -0.05) is 0 Å². The molecule has 1 aliphatic carbocycles. The lowest BCUT2D eigenvalue weighted by Crippen LogP contribution is -2.46. The van der Waals surface area contributed by atoms with Gasteiger partial charge in [0, 0.05) is 32.3 Å². The topological polar surface area (TPSA) is 58.7 Å². The summed E-state index contributed by atoms with van der Waals surface area (Å²) < 4.78 is 5.09. The van der Waals surface area contributed by atoms with E-state index in [-0.39, 0.29) is 12.6 Å². The fraction of sp³-hybridized carbons (Fsp3) is 1.00. The Balaban J connectivity index is 2.36. The summed E-state index contributed by atoms with van der Waals surface area (Å²) in [4.78, 5) is 2.34. The molecule has 0 aromatic rings. The van der Waals surface area contributed by atoms with Crippen LogP contribution >= 0.6 is 0 Å². The lowest BCUT2D eigenvalue weighted by atomic mass is 10.1. The third kappa shape index (κ3) is 4.47. The van der Waals surface area contributed by atoms with Crippen molar-refractivity contribution >= 4 is 0 Å². The van der Waals surface area contributed by atoms with Gasteiger partial charge in [0.2, 0.25) is 0 Å². The van der Waals surface area contributed by atoms with Crippen molar-refractivity contribution in [1.82, 2.24) is 4.90 Å². The van der Waals surface area contributed by atoms with Crippen LogP contribution in [0.4, 0.5) is 0 Å². The summed E-state index contributed by atoms with van der Waals surface area (Å²) in [6.07, 6.45) is 2.66. The molecule has 0 aliphatic heterocycles. The Hall–Kier alpha value is -0.160. The van der Waals surface area contributed by atoms with Crippen molar-refractivity contribution in [3.63, 3.8) is 0 Å². The smallest absolute Gasteiger partial charge is 0.0595 e. The van der Waals surface area contributed by atoms with Gasteiger partial charge in [-0.15, -0.1) is 0 Å². The van der Waals surface area contributed by atoms with E-state index in [9.17, 15) is 0 Å². The van der Waals surface area contributed by atoms with Gasteiger partial charge in [-0.25, -0.2) is 0 Å². The molecule has 0 aromatic heterocycles. The molecule has 1 rings (SSSR count). The van der Waals surface area contributed by atoms with Crippen LogP contribution in [0.3, 0.4) is 0 Å². The largest absolute Gasteiger partial charge is 0.395 e. The Morgan fingerprint density at radius 1 is 1.53 bits per heavy atom. The standard InChI is InChI=1S/C11H24N2O2/c1-9(10-3-4-10)13(5-6-15-2)7-11(12)8-14/h9-11,14H,3-8,12H2,1-2H3. The molecule has 4 nitrogen and oxygen atoms in total. The lowest BCUT2D eigenvalue weighted by molar-refractivity contribution is 0.103.